The number of amides is 2. The van der Waals surface area contributed by atoms with Crippen LogP contribution in [-0.2, 0) is 16.0 Å². The van der Waals surface area contributed by atoms with E-state index in [1.165, 1.54) is 4.90 Å². The molecule has 4 nitrogen and oxygen atoms in total. The first-order valence-corrected chi connectivity index (χ1v) is 8.14. The first kappa shape index (κ1) is 17.7. The van der Waals surface area contributed by atoms with Crippen molar-refractivity contribution in [3.63, 3.8) is 0 Å². The number of piperazine rings is 1. The largest absolute Gasteiger partial charge is 0.442 e. The summed E-state index contributed by atoms with van der Waals surface area (Å²) in [5, 5.41) is 0. The van der Waals surface area contributed by atoms with Gasteiger partial charge >= 0.3 is 5.51 Å². The quantitative estimate of drug-likeness (QED) is 0.839. The Kier molecular flexibility index (Phi) is 5.92. The molecule has 23 heavy (non-hydrogen) atoms. The third-order valence-corrected chi connectivity index (χ3v) is 4.26. The first-order valence-electron chi connectivity index (χ1n) is 7.15. The number of alkyl halides is 3. The lowest BCUT2D eigenvalue weighted by Gasteiger charge is -2.35. The summed E-state index contributed by atoms with van der Waals surface area (Å²) < 4.78 is 36.3. The zero-order valence-electron chi connectivity index (χ0n) is 12.4. The Balaban J connectivity index is 1.77. The van der Waals surface area contributed by atoms with Gasteiger partial charge in [-0.1, -0.05) is 30.3 Å². The molecule has 0 spiro atoms. The molecule has 0 saturated carbocycles. The average Bonchev–Trinajstić information content (AvgIpc) is 2.53. The maximum Gasteiger partial charge on any atom is 0.442 e. The lowest BCUT2D eigenvalue weighted by molar-refractivity contribution is -0.137. The summed E-state index contributed by atoms with van der Waals surface area (Å²) in [6.07, 6.45) is 0.290. The van der Waals surface area contributed by atoms with Crippen LogP contribution >= 0.6 is 11.8 Å². The fourth-order valence-electron chi connectivity index (χ4n) is 2.32. The third-order valence-electron chi connectivity index (χ3n) is 3.54. The van der Waals surface area contributed by atoms with Gasteiger partial charge in [0.15, 0.2) is 0 Å². The van der Waals surface area contributed by atoms with Crippen LogP contribution in [0.5, 0.6) is 0 Å². The molecule has 1 aliphatic heterocycles. The Labute approximate surface area is 136 Å². The van der Waals surface area contributed by atoms with Crippen LogP contribution in [0.1, 0.15) is 5.56 Å². The number of rotatable bonds is 4. The van der Waals surface area contributed by atoms with E-state index in [0.717, 1.165) is 5.56 Å². The highest BCUT2D eigenvalue weighted by Gasteiger charge is 2.31. The van der Waals surface area contributed by atoms with Crippen molar-refractivity contribution in [2.45, 2.75) is 11.9 Å². The van der Waals surface area contributed by atoms with E-state index in [4.69, 9.17) is 0 Å². The minimum Gasteiger partial charge on any atom is -0.339 e. The molecule has 0 bridgehead atoms. The van der Waals surface area contributed by atoms with E-state index in [0.29, 0.717) is 19.5 Å². The van der Waals surface area contributed by atoms with E-state index in [1.807, 2.05) is 30.3 Å². The molecule has 2 rings (SSSR count). The second-order valence-corrected chi connectivity index (χ2v) is 6.20. The van der Waals surface area contributed by atoms with E-state index in [-0.39, 0.29) is 30.8 Å². The van der Waals surface area contributed by atoms with Gasteiger partial charge < -0.3 is 9.80 Å². The van der Waals surface area contributed by atoms with E-state index >= 15 is 0 Å². The van der Waals surface area contributed by atoms with Gasteiger partial charge in [0.1, 0.15) is 0 Å². The highest BCUT2D eigenvalue weighted by atomic mass is 32.2. The summed E-state index contributed by atoms with van der Waals surface area (Å²) in [6, 6.07) is 9.32. The number of halogens is 3. The number of benzene rings is 1. The summed E-state index contributed by atoms with van der Waals surface area (Å²) in [6.45, 7) is 1.26. The number of carbonyl (C=O) groups is 2. The topological polar surface area (TPSA) is 40.6 Å². The maximum absolute atomic E-state index is 12.2. The van der Waals surface area contributed by atoms with Gasteiger partial charge in [-0.05, 0) is 17.3 Å². The Morgan fingerprint density at radius 1 is 0.957 bits per heavy atom. The number of hydrogen-bond donors (Lipinski definition) is 0. The van der Waals surface area contributed by atoms with Crippen LogP contribution < -0.4 is 0 Å². The molecule has 0 aromatic heterocycles. The smallest absolute Gasteiger partial charge is 0.339 e. The molecular weight excluding hydrogens is 329 g/mol. The lowest BCUT2D eigenvalue weighted by atomic mass is 10.1. The lowest BCUT2D eigenvalue weighted by Crippen LogP contribution is -2.51. The summed E-state index contributed by atoms with van der Waals surface area (Å²) >= 11 is -0.328. The predicted octanol–water partition coefficient (Wildman–Crippen LogP) is 2.15. The van der Waals surface area contributed by atoms with E-state index < -0.39 is 17.2 Å². The van der Waals surface area contributed by atoms with E-state index in [9.17, 15) is 22.8 Å². The standard InChI is InChI=1S/C15H17F3N2O2S/c16-15(17,18)23-11-14(22)20-8-6-19(7-9-20)13(21)10-12-4-2-1-3-5-12/h1-5H,6-11H2. The van der Waals surface area contributed by atoms with Crippen molar-refractivity contribution in [1.29, 1.82) is 0 Å². The average molecular weight is 346 g/mol. The molecule has 0 aliphatic carbocycles. The third kappa shape index (κ3) is 5.78. The fraction of sp³-hybridized carbons (Fsp3) is 0.467. The molecule has 1 fully saturated rings. The number of nitrogens with zero attached hydrogens (tertiary/aromatic N) is 2. The van der Waals surface area contributed by atoms with E-state index in [2.05, 4.69) is 0 Å². The van der Waals surface area contributed by atoms with Crippen molar-refractivity contribution in [3.8, 4) is 0 Å². The van der Waals surface area contributed by atoms with Crippen molar-refractivity contribution < 1.29 is 22.8 Å². The monoisotopic (exact) mass is 346 g/mol. The summed E-state index contributed by atoms with van der Waals surface area (Å²) in [4.78, 5) is 26.9. The molecule has 1 aromatic carbocycles. The number of thioether (sulfide) groups is 1. The molecule has 1 saturated heterocycles. The van der Waals surface area contributed by atoms with Crippen molar-refractivity contribution in [2.24, 2.45) is 0 Å². The molecule has 1 aliphatic rings. The van der Waals surface area contributed by atoms with Crippen LogP contribution in [-0.4, -0.2) is 59.1 Å². The Hall–Kier alpha value is -1.70. The second-order valence-electron chi connectivity index (χ2n) is 5.16. The van der Waals surface area contributed by atoms with Gasteiger partial charge in [0.2, 0.25) is 11.8 Å². The van der Waals surface area contributed by atoms with Crippen molar-refractivity contribution >= 4 is 23.6 Å². The van der Waals surface area contributed by atoms with Gasteiger partial charge in [-0.15, -0.1) is 0 Å². The van der Waals surface area contributed by atoms with Crippen LogP contribution in [0, 0.1) is 0 Å². The second kappa shape index (κ2) is 7.72. The van der Waals surface area contributed by atoms with Gasteiger partial charge in [0, 0.05) is 26.2 Å². The van der Waals surface area contributed by atoms with Crippen molar-refractivity contribution in [2.75, 3.05) is 31.9 Å². The van der Waals surface area contributed by atoms with Gasteiger partial charge in [-0.25, -0.2) is 0 Å². The highest BCUT2D eigenvalue weighted by molar-refractivity contribution is 8.00. The molecular formula is C15H17F3N2O2S. The van der Waals surface area contributed by atoms with Gasteiger partial charge in [-0.2, -0.15) is 13.2 Å². The van der Waals surface area contributed by atoms with E-state index in [1.54, 1.807) is 4.90 Å². The number of hydrogen-bond acceptors (Lipinski definition) is 3. The molecule has 126 valence electrons. The molecule has 1 aromatic rings. The molecule has 0 atom stereocenters. The summed E-state index contributed by atoms with van der Waals surface area (Å²) in [7, 11) is 0. The van der Waals surface area contributed by atoms with Crippen LogP contribution in [0.15, 0.2) is 30.3 Å². The van der Waals surface area contributed by atoms with Crippen LogP contribution in [0.25, 0.3) is 0 Å². The van der Waals surface area contributed by atoms with Crippen molar-refractivity contribution in [3.05, 3.63) is 35.9 Å². The van der Waals surface area contributed by atoms with Gasteiger partial charge in [0.25, 0.3) is 0 Å². The molecule has 8 heteroatoms. The highest BCUT2D eigenvalue weighted by Crippen LogP contribution is 2.30. The minimum absolute atomic E-state index is 0.0343. The molecule has 0 N–H and O–H groups in total. The van der Waals surface area contributed by atoms with Crippen LogP contribution in [0.2, 0.25) is 0 Å². The van der Waals surface area contributed by atoms with Crippen molar-refractivity contribution in [1.82, 2.24) is 9.80 Å². The van der Waals surface area contributed by atoms with Crippen LogP contribution in [0.3, 0.4) is 0 Å². The minimum atomic E-state index is -4.40. The number of carbonyl (C=O) groups excluding carboxylic acids is 2. The fourth-order valence-corrected chi connectivity index (χ4v) is 2.79. The maximum atomic E-state index is 12.2. The van der Waals surface area contributed by atoms with Gasteiger partial charge in [0.05, 0.1) is 12.2 Å². The van der Waals surface area contributed by atoms with Crippen LogP contribution in [0.4, 0.5) is 13.2 Å². The summed E-state index contributed by atoms with van der Waals surface area (Å²) in [5.41, 5.74) is -3.49. The van der Waals surface area contributed by atoms with Gasteiger partial charge in [-0.3, -0.25) is 9.59 Å². The zero-order valence-corrected chi connectivity index (χ0v) is 13.2. The molecule has 0 radical (unpaired) electrons. The molecule has 0 unspecified atom stereocenters. The Morgan fingerprint density at radius 3 is 2.00 bits per heavy atom. The normalized spacial score (nSPS) is 15.6. The Bertz CT molecular complexity index is 543. The first-order chi connectivity index (χ1) is 10.8. The zero-order chi connectivity index (χ0) is 16.9. The Morgan fingerprint density at radius 2 is 1.48 bits per heavy atom. The molecule has 1 heterocycles. The predicted molar refractivity (Wildman–Crippen MR) is 81.8 cm³/mol. The molecule has 2 amide bonds. The SMILES string of the molecule is O=C(CSC(F)(F)F)N1CCN(C(=O)Cc2ccccc2)CC1. The summed E-state index contributed by atoms with van der Waals surface area (Å²) in [5.74, 6) is -1.18.